The summed E-state index contributed by atoms with van der Waals surface area (Å²) in [5.74, 6) is 4.84. The first-order valence-corrected chi connectivity index (χ1v) is 4.17. The van der Waals surface area contributed by atoms with Gasteiger partial charge in [-0.1, -0.05) is 0 Å². The van der Waals surface area contributed by atoms with E-state index in [1.807, 2.05) is 0 Å². The Bertz CT molecular complexity index is 209. The summed E-state index contributed by atoms with van der Waals surface area (Å²) < 4.78 is 0. The predicted molar refractivity (Wildman–Crippen MR) is 49.0 cm³/mol. The van der Waals surface area contributed by atoms with Gasteiger partial charge in [0.2, 0.25) is 0 Å². The van der Waals surface area contributed by atoms with Crippen LogP contribution in [0.4, 0.5) is 0 Å². The highest BCUT2D eigenvalue weighted by atomic mass is 16.2. The van der Waals surface area contributed by atoms with Crippen molar-refractivity contribution < 1.29 is 4.79 Å². The van der Waals surface area contributed by atoms with E-state index in [9.17, 15) is 4.79 Å². The first-order chi connectivity index (χ1) is 6.25. The van der Waals surface area contributed by atoms with Crippen LogP contribution < -0.4 is 22.3 Å². The standard InChI is InChI=1S/C7H15N5O/c8-6(5-11-9)7(13)12-3-1-10-2-4-12/h5,10-11H,1-4,8-9H2/b6-5-. The van der Waals surface area contributed by atoms with Gasteiger partial charge in [0.1, 0.15) is 5.70 Å². The van der Waals surface area contributed by atoms with Gasteiger partial charge in [0, 0.05) is 32.4 Å². The van der Waals surface area contributed by atoms with E-state index in [2.05, 4.69) is 10.7 Å². The van der Waals surface area contributed by atoms with Gasteiger partial charge in [-0.2, -0.15) is 0 Å². The van der Waals surface area contributed by atoms with Crippen LogP contribution in [0.15, 0.2) is 11.9 Å². The van der Waals surface area contributed by atoms with E-state index in [0.29, 0.717) is 13.1 Å². The van der Waals surface area contributed by atoms with Crippen LogP contribution in [0.5, 0.6) is 0 Å². The Morgan fingerprint density at radius 3 is 2.62 bits per heavy atom. The van der Waals surface area contributed by atoms with Gasteiger partial charge in [-0.15, -0.1) is 0 Å². The molecular weight excluding hydrogens is 170 g/mol. The Kier molecular flexibility index (Phi) is 3.53. The number of carbonyl (C=O) groups excluding carboxylic acids is 1. The Hall–Kier alpha value is -1.27. The molecule has 0 atom stereocenters. The molecule has 6 nitrogen and oxygen atoms in total. The molecule has 0 unspecified atom stereocenters. The van der Waals surface area contributed by atoms with Crippen molar-refractivity contribution in [3.63, 3.8) is 0 Å². The van der Waals surface area contributed by atoms with Crippen molar-refractivity contribution in [3.8, 4) is 0 Å². The number of piperazine rings is 1. The molecule has 0 aromatic carbocycles. The SMILES string of the molecule is NN/C=C(\N)C(=O)N1CCNCC1. The zero-order chi connectivity index (χ0) is 9.68. The van der Waals surface area contributed by atoms with Gasteiger partial charge < -0.3 is 21.4 Å². The summed E-state index contributed by atoms with van der Waals surface area (Å²) in [6.45, 7) is 3.01. The number of nitrogens with zero attached hydrogens (tertiary/aromatic N) is 1. The van der Waals surface area contributed by atoms with Crippen LogP contribution in [0.3, 0.4) is 0 Å². The van der Waals surface area contributed by atoms with Gasteiger partial charge >= 0.3 is 0 Å². The third-order valence-electron chi connectivity index (χ3n) is 1.89. The second-order valence-electron chi connectivity index (χ2n) is 2.81. The molecule has 0 radical (unpaired) electrons. The number of nitrogens with one attached hydrogen (secondary N) is 2. The number of nitrogens with two attached hydrogens (primary N) is 2. The molecule has 6 heteroatoms. The smallest absolute Gasteiger partial charge is 0.271 e. The van der Waals surface area contributed by atoms with Crippen LogP contribution in [-0.2, 0) is 4.79 Å². The summed E-state index contributed by atoms with van der Waals surface area (Å²) >= 11 is 0. The Morgan fingerprint density at radius 1 is 1.46 bits per heavy atom. The predicted octanol–water partition coefficient (Wildman–Crippen LogP) is -2.32. The van der Waals surface area contributed by atoms with E-state index in [1.165, 1.54) is 6.20 Å². The zero-order valence-corrected chi connectivity index (χ0v) is 7.42. The van der Waals surface area contributed by atoms with E-state index < -0.39 is 0 Å². The Morgan fingerprint density at radius 2 is 2.08 bits per heavy atom. The molecule has 1 heterocycles. The van der Waals surface area contributed by atoms with Crippen LogP contribution in [-0.4, -0.2) is 37.0 Å². The van der Waals surface area contributed by atoms with E-state index >= 15 is 0 Å². The quantitative estimate of drug-likeness (QED) is 0.220. The van der Waals surface area contributed by atoms with Crippen LogP contribution in [0.1, 0.15) is 0 Å². The average molecular weight is 185 g/mol. The minimum atomic E-state index is -0.167. The number of amides is 1. The molecule has 74 valence electrons. The molecule has 0 aliphatic carbocycles. The van der Waals surface area contributed by atoms with E-state index in [1.54, 1.807) is 4.90 Å². The van der Waals surface area contributed by atoms with Crippen molar-refractivity contribution in [3.05, 3.63) is 11.9 Å². The molecule has 0 bridgehead atoms. The van der Waals surface area contributed by atoms with E-state index in [-0.39, 0.29) is 11.6 Å². The van der Waals surface area contributed by atoms with Gasteiger partial charge in [0.05, 0.1) is 0 Å². The number of hydrogen-bond acceptors (Lipinski definition) is 5. The molecule has 0 aromatic rings. The van der Waals surface area contributed by atoms with Gasteiger partial charge in [0.15, 0.2) is 0 Å². The molecule has 1 rings (SSSR count). The second-order valence-corrected chi connectivity index (χ2v) is 2.81. The highest BCUT2D eigenvalue weighted by Crippen LogP contribution is 1.97. The maximum Gasteiger partial charge on any atom is 0.271 e. The van der Waals surface area contributed by atoms with Gasteiger partial charge in [-0.05, 0) is 0 Å². The molecule has 1 aliphatic heterocycles. The summed E-state index contributed by atoms with van der Waals surface area (Å²) in [4.78, 5) is 13.2. The maximum atomic E-state index is 11.5. The highest BCUT2D eigenvalue weighted by molar-refractivity contribution is 5.92. The lowest BCUT2D eigenvalue weighted by Crippen LogP contribution is -2.48. The normalized spacial score (nSPS) is 18.5. The first-order valence-electron chi connectivity index (χ1n) is 4.17. The van der Waals surface area contributed by atoms with E-state index in [4.69, 9.17) is 11.6 Å². The molecule has 1 amide bonds. The van der Waals surface area contributed by atoms with Gasteiger partial charge in [-0.25, -0.2) is 0 Å². The van der Waals surface area contributed by atoms with Crippen molar-refractivity contribution in [1.82, 2.24) is 15.6 Å². The number of carbonyl (C=O) groups is 1. The molecule has 0 saturated carbocycles. The minimum Gasteiger partial charge on any atom is -0.393 e. The number of hydrazine groups is 1. The molecule has 1 fully saturated rings. The molecule has 6 N–H and O–H groups in total. The van der Waals surface area contributed by atoms with Crippen molar-refractivity contribution in [1.29, 1.82) is 0 Å². The summed E-state index contributed by atoms with van der Waals surface area (Å²) in [6.07, 6.45) is 1.30. The molecule has 0 spiro atoms. The molecule has 1 aliphatic rings. The Balaban J connectivity index is 2.50. The zero-order valence-electron chi connectivity index (χ0n) is 7.42. The van der Waals surface area contributed by atoms with Crippen LogP contribution in [0, 0.1) is 0 Å². The summed E-state index contributed by atoms with van der Waals surface area (Å²) in [5, 5.41) is 3.15. The molecular formula is C7H15N5O. The maximum absolute atomic E-state index is 11.5. The minimum absolute atomic E-state index is 0.143. The number of rotatable bonds is 2. The highest BCUT2D eigenvalue weighted by Gasteiger charge is 2.17. The number of hydrogen-bond donors (Lipinski definition) is 4. The summed E-state index contributed by atoms with van der Waals surface area (Å²) in [7, 11) is 0. The average Bonchev–Trinajstić information content (AvgIpc) is 2.18. The van der Waals surface area contributed by atoms with Gasteiger partial charge in [0.25, 0.3) is 5.91 Å². The largest absolute Gasteiger partial charge is 0.393 e. The Labute approximate surface area is 76.9 Å². The van der Waals surface area contributed by atoms with Crippen LogP contribution in [0.25, 0.3) is 0 Å². The van der Waals surface area contributed by atoms with Gasteiger partial charge in [-0.3, -0.25) is 10.6 Å². The molecule has 0 aromatic heterocycles. The lowest BCUT2D eigenvalue weighted by Gasteiger charge is -2.27. The third-order valence-corrected chi connectivity index (χ3v) is 1.89. The lowest BCUT2D eigenvalue weighted by atomic mass is 10.3. The van der Waals surface area contributed by atoms with Crippen molar-refractivity contribution in [2.75, 3.05) is 26.2 Å². The van der Waals surface area contributed by atoms with Crippen molar-refractivity contribution in [2.45, 2.75) is 0 Å². The fourth-order valence-electron chi connectivity index (χ4n) is 1.20. The van der Waals surface area contributed by atoms with Crippen molar-refractivity contribution >= 4 is 5.91 Å². The summed E-state index contributed by atoms with van der Waals surface area (Å²) in [5.41, 5.74) is 7.85. The van der Waals surface area contributed by atoms with Crippen LogP contribution in [0.2, 0.25) is 0 Å². The topological polar surface area (TPSA) is 96.4 Å². The lowest BCUT2D eigenvalue weighted by molar-refractivity contribution is -0.127. The van der Waals surface area contributed by atoms with Crippen molar-refractivity contribution in [2.24, 2.45) is 11.6 Å². The van der Waals surface area contributed by atoms with Crippen LogP contribution >= 0.6 is 0 Å². The summed E-state index contributed by atoms with van der Waals surface area (Å²) in [6, 6.07) is 0. The third kappa shape index (κ3) is 2.60. The van der Waals surface area contributed by atoms with E-state index in [0.717, 1.165) is 13.1 Å². The molecule has 13 heavy (non-hydrogen) atoms. The fourth-order valence-corrected chi connectivity index (χ4v) is 1.20. The molecule has 1 saturated heterocycles. The first kappa shape index (κ1) is 9.82. The fraction of sp³-hybridized carbons (Fsp3) is 0.571. The second kappa shape index (κ2) is 4.68. The monoisotopic (exact) mass is 185 g/mol.